The van der Waals surface area contributed by atoms with Gasteiger partial charge >= 0.3 is 5.97 Å². The molecule has 20 heavy (non-hydrogen) atoms. The third-order valence-corrected chi connectivity index (χ3v) is 3.64. The molecule has 0 amide bonds. The highest BCUT2D eigenvalue weighted by Crippen LogP contribution is 2.13. The van der Waals surface area contributed by atoms with Crippen molar-refractivity contribution in [1.82, 2.24) is 0 Å². The van der Waals surface area contributed by atoms with E-state index in [1.807, 2.05) is 0 Å². The Morgan fingerprint density at radius 1 is 0.800 bits per heavy atom. The molecular formula is C15H10Br2O3. The van der Waals surface area contributed by atoms with E-state index in [9.17, 15) is 9.59 Å². The summed E-state index contributed by atoms with van der Waals surface area (Å²) in [5.41, 5.74) is 0.925. The highest BCUT2D eigenvalue weighted by atomic mass is 79.9. The fourth-order valence-corrected chi connectivity index (χ4v) is 2.05. The van der Waals surface area contributed by atoms with Crippen LogP contribution in [0.15, 0.2) is 57.5 Å². The molecule has 0 aliphatic rings. The number of carbonyl (C=O) groups is 2. The molecule has 5 heteroatoms. The highest BCUT2D eigenvalue weighted by Gasteiger charge is 2.11. The summed E-state index contributed by atoms with van der Waals surface area (Å²) in [4.78, 5) is 23.6. The quantitative estimate of drug-likeness (QED) is 0.572. The number of carbonyl (C=O) groups excluding carboxylic acids is 2. The Hall–Kier alpha value is -1.46. The number of hydrogen-bond donors (Lipinski definition) is 0. The monoisotopic (exact) mass is 396 g/mol. The second-order valence-electron chi connectivity index (χ2n) is 4.01. The number of rotatable bonds is 4. The molecule has 0 unspecified atom stereocenters. The van der Waals surface area contributed by atoms with Crippen LogP contribution < -0.4 is 0 Å². The van der Waals surface area contributed by atoms with Gasteiger partial charge in [-0.3, -0.25) is 4.79 Å². The number of halogens is 2. The van der Waals surface area contributed by atoms with Gasteiger partial charge in [0.05, 0.1) is 5.56 Å². The van der Waals surface area contributed by atoms with E-state index in [-0.39, 0.29) is 12.4 Å². The van der Waals surface area contributed by atoms with Crippen molar-refractivity contribution in [2.24, 2.45) is 0 Å². The molecule has 0 aliphatic carbocycles. The summed E-state index contributed by atoms with van der Waals surface area (Å²) in [5.74, 6) is -0.745. The summed E-state index contributed by atoms with van der Waals surface area (Å²) in [7, 11) is 0. The third-order valence-electron chi connectivity index (χ3n) is 2.58. The van der Waals surface area contributed by atoms with Crippen LogP contribution in [0.2, 0.25) is 0 Å². The zero-order valence-corrected chi connectivity index (χ0v) is 13.5. The van der Waals surface area contributed by atoms with Crippen molar-refractivity contribution in [3.05, 3.63) is 68.6 Å². The van der Waals surface area contributed by atoms with Crippen molar-refractivity contribution < 1.29 is 14.3 Å². The zero-order valence-electron chi connectivity index (χ0n) is 10.3. The van der Waals surface area contributed by atoms with Crippen LogP contribution in [0.5, 0.6) is 0 Å². The minimum Gasteiger partial charge on any atom is -0.454 e. The van der Waals surface area contributed by atoms with Gasteiger partial charge in [0.1, 0.15) is 0 Å². The average Bonchev–Trinajstić information content (AvgIpc) is 2.46. The Balaban J connectivity index is 1.94. The standard InChI is InChI=1S/C15H10Br2O3/c16-12-5-1-10(2-6-12)14(18)9-20-15(19)11-3-7-13(17)8-4-11/h1-8H,9H2. The minimum absolute atomic E-state index is 0.233. The molecule has 0 radical (unpaired) electrons. The molecule has 0 atom stereocenters. The number of hydrogen-bond acceptors (Lipinski definition) is 3. The predicted molar refractivity (Wildman–Crippen MR) is 82.9 cm³/mol. The number of benzene rings is 2. The summed E-state index contributed by atoms with van der Waals surface area (Å²) in [6.45, 7) is -0.267. The lowest BCUT2D eigenvalue weighted by atomic mass is 10.1. The zero-order chi connectivity index (χ0) is 14.5. The van der Waals surface area contributed by atoms with E-state index in [1.165, 1.54) is 0 Å². The molecule has 102 valence electrons. The normalized spacial score (nSPS) is 10.1. The lowest BCUT2D eigenvalue weighted by Crippen LogP contribution is -2.14. The first-order valence-corrected chi connectivity index (χ1v) is 7.36. The average molecular weight is 398 g/mol. The topological polar surface area (TPSA) is 43.4 Å². The van der Waals surface area contributed by atoms with E-state index in [0.717, 1.165) is 8.95 Å². The molecule has 0 aliphatic heterocycles. The van der Waals surface area contributed by atoms with Crippen molar-refractivity contribution >= 4 is 43.6 Å². The fourth-order valence-electron chi connectivity index (χ4n) is 1.52. The van der Waals surface area contributed by atoms with Crippen LogP contribution >= 0.6 is 31.9 Å². The lowest BCUT2D eigenvalue weighted by Gasteiger charge is -2.04. The van der Waals surface area contributed by atoms with Crippen molar-refractivity contribution in [2.45, 2.75) is 0 Å². The smallest absolute Gasteiger partial charge is 0.338 e. The number of ketones is 1. The molecule has 2 aromatic carbocycles. The third kappa shape index (κ3) is 4.02. The van der Waals surface area contributed by atoms with Gasteiger partial charge in [-0.05, 0) is 36.4 Å². The Bertz CT molecular complexity index is 561. The first-order chi connectivity index (χ1) is 9.56. The van der Waals surface area contributed by atoms with Crippen molar-refractivity contribution in [3.8, 4) is 0 Å². The van der Waals surface area contributed by atoms with Gasteiger partial charge in [0.25, 0.3) is 0 Å². The molecule has 0 N–H and O–H groups in total. The Morgan fingerprint density at radius 2 is 1.25 bits per heavy atom. The number of esters is 1. The van der Waals surface area contributed by atoms with Crippen LogP contribution in [-0.4, -0.2) is 18.4 Å². The SMILES string of the molecule is O=C(COC(=O)c1ccc(Br)cc1)c1ccc(Br)cc1. The van der Waals surface area contributed by atoms with Gasteiger partial charge in [0.15, 0.2) is 12.4 Å². The lowest BCUT2D eigenvalue weighted by molar-refractivity contribution is 0.0475. The Labute approximate surface area is 133 Å². The Kier molecular flexibility index (Phi) is 5.09. The Morgan fingerprint density at radius 3 is 1.75 bits per heavy atom. The first kappa shape index (κ1) is 14.9. The van der Waals surface area contributed by atoms with Crippen molar-refractivity contribution in [1.29, 1.82) is 0 Å². The van der Waals surface area contributed by atoms with Crippen LogP contribution in [0.4, 0.5) is 0 Å². The van der Waals surface area contributed by atoms with Crippen LogP contribution in [-0.2, 0) is 4.74 Å². The molecule has 0 aromatic heterocycles. The van der Waals surface area contributed by atoms with E-state index < -0.39 is 5.97 Å². The van der Waals surface area contributed by atoms with E-state index in [1.54, 1.807) is 48.5 Å². The second-order valence-corrected chi connectivity index (χ2v) is 5.84. The van der Waals surface area contributed by atoms with Gasteiger partial charge in [-0.25, -0.2) is 4.79 Å². The van der Waals surface area contributed by atoms with Gasteiger partial charge in [-0.1, -0.05) is 44.0 Å². The van der Waals surface area contributed by atoms with E-state index in [2.05, 4.69) is 31.9 Å². The maximum atomic E-state index is 11.8. The molecular weight excluding hydrogens is 388 g/mol. The molecule has 0 heterocycles. The predicted octanol–water partition coefficient (Wildman–Crippen LogP) is 4.25. The summed E-state index contributed by atoms with van der Waals surface area (Å²) < 4.78 is 6.76. The molecule has 0 spiro atoms. The largest absolute Gasteiger partial charge is 0.454 e. The van der Waals surface area contributed by atoms with Crippen LogP contribution in [0, 0.1) is 0 Å². The maximum Gasteiger partial charge on any atom is 0.338 e. The van der Waals surface area contributed by atoms with E-state index in [0.29, 0.717) is 11.1 Å². The molecule has 2 rings (SSSR count). The van der Waals surface area contributed by atoms with Crippen molar-refractivity contribution in [2.75, 3.05) is 6.61 Å². The number of ether oxygens (including phenoxy) is 1. The van der Waals surface area contributed by atoms with Gasteiger partial charge < -0.3 is 4.74 Å². The van der Waals surface area contributed by atoms with Gasteiger partial charge in [-0.15, -0.1) is 0 Å². The maximum absolute atomic E-state index is 11.8. The molecule has 0 bridgehead atoms. The first-order valence-electron chi connectivity index (χ1n) is 5.78. The molecule has 0 saturated carbocycles. The van der Waals surface area contributed by atoms with E-state index >= 15 is 0 Å². The molecule has 3 nitrogen and oxygen atoms in total. The fraction of sp³-hybridized carbons (Fsp3) is 0.0667. The van der Waals surface area contributed by atoms with Crippen LogP contribution in [0.3, 0.4) is 0 Å². The van der Waals surface area contributed by atoms with Crippen LogP contribution in [0.1, 0.15) is 20.7 Å². The van der Waals surface area contributed by atoms with Crippen molar-refractivity contribution in [3.63, 3.8) is 0 Å². The number of Topliss-reactive ketones (excluding diaryl/α,β-unsaturated/α-hetero) is 1. The molecule has 0 fully saturated rings. The summed E-state index contributed by atoms with van der Waals surface area (Å²) in [5, 5.41) is 0. The summed E-state index contributed by atoms with van der Waals surface area (Å²) in [6, 6.07) is 13.7. The molecule has 2 aromatic rings. The van der Waals surface area contributed by atoms with Gasteiger partial charge in [0.2, 0.25) is 0 Å². The van der Waals surface area contributed by atoms with Gasteiger partial charge in [0, 0.05) is 14.5 Å². The van der Waals surface area contributed by atoms with Gasteiger partial charge in [-0.2, -0.15) is 0 Å². The second kappa shape index (κ2) is 6.81. The van der Waals surface area contributed by atoms with Crippen LogP contribution in [0.25, 0.3) is 0 Å². The van der Waals surface area contributed by atoms with E-state index in [4.69, 9.17) is 4.74 Å². The minimum atomic E-state index is -0.511. The highest BCUT2D eigenvalue weighted by molar-refractivity contribution is 9.10. The summed E-state index contributed by atoms with van der Waals surface area (Å²) >= 11 is 6.58. The summed E-state index contributed by atoms with van der Waals surface area (Å²) in [6.07, 6.45) is 0. The molecule has 0 saturated heterocycles.